The lowest BCUT2D eigenvalue weighted by molar-refractivity contribution is -0.384. The molecular formula is C47H59Cl2N9O2. The van der Waals surface area contributed by atoms with E-state index >= 15 is 0 Å². The number of benzene rings is 4. The fraction of sp³-hybridized carbons (Fsp3) is 0.404. The standard InChI is InChI=1S/C13H18N2.C12H15ClN2.C11H13ClN2.C11H13N3O2/c1-5-15-11-9-7-6-8-10(11)14-12(15)13(2,3)4;1-12(2,3)11-14-9-7-8(13)5-6-10(9)15(11)4;1-11(2,3)10-13-8-5-4-7(12)6-9(8)14-10;1-11(2,3)10-12-8-5-4-7(14(15)16)6-9(8)13-10/h6-9H,5H2,1-4H3;5-7H,1-4H3;4-6H,1-3H3,(H,13,14);4-6H,1-3H3,(H,12,13). The Balaban J connectivity index is 0.000000152. The summed E-state index contributed by atoms with van der Waals surface area (Å²) in [5.74, 6) is 4.09. The van der Waals surface area contributed by atoms with Crippen LogP contribution < -0.4 is 0 Å². The number of rotatable bonds is 2. The molecule has 2 N–H and O–H groups in total. The zero-order valence-corrected chi connectivity index (χ0v) is 38.9. The van der Waals surface area contributed by atoms with Crippen LogP contribution in [0, 0.1) is 10.1 Å². The SMILES string of the molecule is CC(C)(C)c1nc2ccc(Cl)cc2[nH]1.CC(C)(C)c1nc2ccc([N+](=O)[O-])cc2[nH]1.CCn1c(C(C)(C)C)nc2ccccc21.Cn1c(C(C)(C)C)nc2cc(Cl)ccc21. The number of nitrogens with one attached hydrogen (secondary N) is 2. The third-order valence-electron chi connectivity index (χ3n) is 9.70. The summed E-state index contributed by atoms with van der Waals surface area (Å²) in [6.07, 6.45) is 0. The number of aryl methyl sites for hydroxylation is 2. The number of halogens is 2. The minimum atomic E-state index is -0.406. The van der Waals surface area contributed by atoms with Gasteiger partial charge in [0.25, 0.3) is 5.69 Å². The van der Waals surface area contributed by atoms with E-state index in [0.29, 0.717) is 5.52 Å². The van der Waals surface area contributed by atoms with Gasteiger partial charge in [0.2, 0.25) is 0 Å². The van der Waals surface area contributed by atoms with E-state index in [-0.39, 0.29) is 27.3 Å². The number of aromatic nitrogens is 8. The van der Waals surface area contributed by atoms with Crippen molar-refractivity contribution in [1.29, 1.82) is 0 Å². The summed E-state index contributed by atoms with van der Waals surface area (Å²) in [5.41, 5.74) is 8.08. The van der Waals surface area contributed by atoms with Crippen LogP contribution >= 0.6 is 23.2 Å². The highest BCUT2D eigenvalue weighted by Crippen LogP contribution is 2.29. The second kappa shape index (κ2) is 17.4. The van der Waals surface area contributed by atoms with Crippen LogP contribution in [0.1, 0.15) is 113 Å². The van der Waals surface area contributed by atoms with Gasteiger partial charge in [-0.2, -0.15) is 0 Å². The van der Waals surface area contributed by atoms with Crippen LogP contribution in [-0.4, -0.2) is 44.0 Å². The molecule has 0 saturated carbocycles. The molecule has 0 radical (unpaired) electrons. The molecule has 318 valence electrons. The van der Waals surface area contributed by atoms with Crippen molar-refractivity contribution in [2.24, 2.45) is 7.05 Å². The molecule has 0 spiro atoms. The number of aromatic amines is 2. The Morgan fingerprint density at radius 3 is 1.62 bits per heavy atom. The Hall–Kier alpha value is -5.26. The van der Waals surface area contributed by atoms with Crippen LogP contribution in [0.4, 0.5) is 5.69 Å². The van der Waals surface area contributed by atoms with E-state index in [1.807, 2.05) is 70.3 Å². The van der Waals surface area contributed by atoms with E-state index < -0.39 is 4.92 Å². The first-order chi connectivity index (χ1) is 27.8. The maximum Gasteiger partial charge on any atom is 0.271 e. The number of fused-ring (bicyclic) bond motifs is 4. The monoisotopic (exact) mass is 851 g/mol. The molecule has 0 unspecified atom stereocenters. The number of nitrogens with zero attached hydrogens (tertiary/aromatic N) is 7. The second-order valence-electron chi connectivity index (χ2n) is 19.1. The third kappa shape index (κ3) is 10.7. The summed E-state index contributed by atoms with van der Waals surface area (Å²) in [5, 5.41) is 12.1. The highest BCUT2D eigenvalue weighted by atomic mass is 35.5. The van der Waals surface area contributed by atoms with E-state index in [0.717, 1.165) is 67.2 Å². The first-order valence-corrected chi connectivity index (χ1v) is 20.9. The summed E-state index contributed by atoms with van der Waals surface area (Å²) < 4.78 is 4.43. The van der Waals surface area contributed by atoms with E-state index in [4.69, 9.17) is 28.2 Å². The fourth-order valence-electron chi connectivity index (χ4n) is 6.62. The van der Waals surface area contributed by atoms with Gasteiger partial charge in [0.1, 0.15) is 23.3 Å². The lowest BCUT2D eigenvalue weighted by Gasteiger charge is -2.19. The number of hydrogen-bond donors (Lipinski definition) is 2. The number of nitro groups is 1. The average Bonchev–Trinajstić information content (AvgIpc) is 3.93. The first-order valence-electron chi connectivity index (χ1n) is 20.2. The first kappa shape index (κ1) is 45.8. The number of nitro benzene ring substituents is 1. The molecule has 0 aliphatic carbocycles. The van der Waals surface area contributed by atoms with E-state index in [9.17, 15) is 10.1 Å². The molecule has 60 heavy (non-hydrogen) atoms. The largest absolute Gasteiger partial charge is 0.341 e. The predicted molar refractivity (Wildman–Crippen MR) is 250 cm³/mol. The van der Waals surface area contributed by atoms with E-state index in [1.54, 1.807) is 6.07 Å². The van der Waals surface area contributed by atoms with Gasteiger partial charge in [-0.25, -0.2) is 19.9 Å². The molecule has 4 aromatic carbocycles. The van der Waals surface area contributed by atoms with Crippen molar-refractivity contribution in [3.8, 4) is 0 Å². The van der Waals surface area contributed by atoms with Gasteiger partial charge in [-0.1, -0.05) is 118 Å². The molecule has 4 aromatic heterocycles. The molecule has 0 aliphatic rings. The van der Waals surface area contributed by atoms with Crippen LogP contribution in [0.25, 0.3) is 44.1 Å². The van der Waals surface area contributed by atoms with Crippen molar-refractivity contribution in [3.63, 3.8) is 0 Å². The molecular weight excluding hydrogens is 793 g/mol. The fourth-order valence-corrected chi connectivity index (χ4v) is 6.95. The van der Waals surface area contributed by atoms with Crippen molar-refractivity contribution in [3.05, 3.63) is 122 Å². The normalized spacial score (nSPS) is 12.2. The second-order valence-corrected chi connectivity index (χ2v) is 20.0. The molecule has 0 atom stereocenters. The number of hydrogen-bond acceptors (Lipinski definition) is 6. The maximum absolute atomic E-state index is 10.6. The van der Waals surface area contributed by atoms with Gasteiger partial charge in [-0.3, -0.25) is 10.1 Å². The van der Waals surface area contributed by atoms with Crippen molar-refractivity contribution in [1.82, 2.24) is 39.0 Å². The Morgan fingerprint density at radius 2 is 1.08 bits per heavy atom. The number of imidazole rings is 4. The van der Waals surface area contributed by atoms with Crippen molar-refractivity contribution in [2.45, 2.75) is 118 Å². The quantitative estimate of drug-likeness (QED) is 0.131. The Bertz CT molecular complexity index is 2760. The molecule has 0 aliphatic heterocycles. The van der Waals surface area contributed by atoms with Gasteiger partial charge in [-0.15, -0.1) is 0 Å². The van der Waals surface area contributed by atoms with Gasteiger partial charge in [0.15, 0.2) is 0 Å². The summed E-state index contributed by atoms with van der Waals surface area (Å²) in [4.78, 5) is 34.9. The summed E-state index contributed by atoms with van der Waals surface area (Å²) in [7, 11) is 2.05. The van der Waals surface area contributed by atoms with Crippen molar-refractivity contribution < 1.29 is 4.92 Å². The molecule has 8 rings (SSSR count). The minimum Gasteiger partial charge on any atom is -0.341 e. The van der Waals surface area contributed by atoms with Gasteiger partial charge in [0, 0.05) is 57.4 Å². The Labute approximate surface area is 363 Å². The summed E-state index contributed by atoms with van der Waals surface area (Å²) in [6.45, 7) is 28.8. The zero-order valence-electron chi connectivity index (χ0n) is 37.4. The van der Waals surface area contributed by atoms with Gasteiger partial charge >= 0.3 is 0 Å². The van der Waals surface area contributed by atoms with Crippen molar-refractivity contribution >= 4 is 73.0 Å². The molecule has 13 heteroatoms. The Kier molecular flexibility index (Phi) is 13.3. The molecule has 8 aromatic rings. The lowest BCUT2D eigenvalue weighted by atomic mass is 9.96. The summed E-state index contributed by atoms with van der Waals surface area (Å²) >= 11 is 11.8. The highest BCUT2D eigenvalue weighted by Gasteiger charge is 2.23. The zero-order chi connectivity index (χ0) is 44.5. The summed E-state index contributed by atoms with van der Waals surface area (Å²) in [6, 6.07) is 24.5. The van der Waals surface area contributed by atoms with E-state index in [1.165, 1.54) is 23.5 Å². The Morgan fingerprint density at radius 1 is 0.583 bits per heavy atom. The van der Waals surface area contributed by atoms with Crippen LogP contribution in [0.2, 0.25) is 10.0 Å². The lowest BCUT2D eigenvalue weighted by Crippen LogP contribution is -2.18. The predicted octanol–water partition coefficient (Wildman–Crippen LogP) is 13.2. The van der Waals surface area contributed by atoms with Crippen LogP contribution in [0.3, 0.4) is 0 Å². The molecule has 0 fully saturated rings. The molecule has 0 amide bonds. The van der Waals surface area contributed by atoms with Crippen LogP contribution in [-0.2, 0) is 35.3 Å². The highest BCUT2D eigenvalue weighted by molar-refractivity contribution is 6.31. The number of H-pyrrole nitrogens is 2. The van der Waals surface area contributed by atoms with Gasteiger partial charge in [-0.05, 0) is 61.5 Å². The third-order valence-corrected chi connectivity index (χ3v) is 10.2. The number of non-ortho nitro benzene ring substituents is 1. The van der Waals surface area contributed by atoms with Gasteiger partial charge < -0.3 is 19.1 Å². The van der Waals surface area contributed by atoms with Crippen molar-refractivity contribution in [2.75, 3.05) is 0 Å². The molecule has 0 bridgehead atoms. The smallest absolute Gasteiger partial charge is 0.271 e. The molecule has 11 nitrogen and oxygen atoms in total. The van der Waals surface area contributed by atoms with E-state index in [2.05, 4.69) is 121 Å². The van der Waals surface area contributed by atoms with Crippen LogP contribution in [0.15, 0.2) is 78.9 Å². The van der Waals surface area contributed by atoms with Gasteiger partial charge in [0.05, 0.1) is 49.1 Å². The number of para-hydroxylation sites is 2. The van der Waals surface area contributed by atoms with Crippen LogP contribution in [0.5, 0.6) is 0 Å². The molecule has 0 saturated heterocycles. The minimum absolute atomic E-state index is 0.0471. The average molecular weight is 853 g/mol. The molecule has 4 heterocycles. The topological polar surface area (TPSA) is 136 Å². The maximum atomic E-state index is 10.6.